The van der Waals surface area contributed by atoms with Gasteiger partial charge in [-0.2, -0.15) is 0 Å². The average molecular weight is 580 g/mol. The van der Waals surface area contributed by atoms with Crippen LogP contribution in [0.25, 0.3) is 0 Å². The number of aromatic nitrogens is 1. The van der Waals surface area contributed by atoms with Crippen LogP contribution in [0.15, 0.2) is 12.1 Å². The summed E-state index contributed by atoms with van der Waals surface area (Å²) in [7, 11) is 9.59. The number of hydrogen-bond donors (Lipinski definition) is 4. The minimum absolute atomic E-state index is 0.00694. The third kappa shape index (κ3) is 8.81. The Morgan fingerprint density at radius 1 is 0.694 bits per heavy atom. The number of rotatable bonds is 1. The molecule has 5 atom stereocenters. The Bertz CT molecular complexity index is 778. The van der Waals surface area contributed by atoms with E-state index in [0.717, 1.165) is 25.6 Å². The van der Waals surface area contributed by atoms with Gasteiger partial charge < -0.3 is 21.3 Å². The van der Waals surface area contributed by atoms with Gasteiger partial charge in [0.25, 0.3) is 0 Å². The van der Waals surface area contributed by atoms with Gasteiger partial charge in [0.1, 0.15) is 0 Å². The van der Waals surface area contributed by atoms with Gasteiger partial charge in [0.15, 0.2) is 0 Å². The third-order valence-electron chi connectivity index (χ3n) is 8.84. The van der Waals surface area contributed by atoms with Crippen molar-refractivity contribution in [2.24, 2.45) is 0 Å². The van der Waals surface area contributed by atoms with Crippen LogP contribution in [-0.2, 0) is 26.2 Å². The maximum absolute atomic E-state index is 5.16. The fourth-order valence-corrected chi connectivity index (χ4v) is 6.95. The molecule has 3 aliphatic carbocycles. The van der Waals surface area contributed by atoms with Crippen molar-refractivity contribution in [2.75, 3.05) is 6.54 Å². The van der Waals surface area contributed by atoms with Gasteiger partial charge in [-0.3, -0.25) is 4.98 Å². The number of fused-ring (bicyclic) bond motifs is 4. The minimum atomic E-state index is 0.00694. The molecule has 0 unspecified atom stereocenters. The molecule has 0 aromatic carbocycles. The summed E-state index contributed by atoms with van der Waals surface area (Å²) in [5, 5.41) is 15.8. The van der Waals surface area contributed by atoms with E-state index in [-0.39, 0.29) is 13.1 Å². The zero-order chi connectivity index (χ0) is 25.2. The van der Waals surface area contributed by atoms with Crippen molar-refractivity contribution in [2.45, 2.75) is 140 Å². The molecule has 5 nitrogen and oxygen atoms in total. The summed E-state index contributed by atoms with van der Waals surface area (Å²) in [5.74, 6) is 0.732. The average Bonchev–Trinajstić information content (AvgIpc) is 2.91. The predicted octanol–water partition coefficient (Wildman–Crippen LogP) is 5.89. The second-order valence-corrected chi connectivity index (χ2v) is 13.5. The molecule has 1 aromatic rings. The Kier molecular flexibility index (Phi) is 12.6. The Balaban J connectivity index is 0.000000967. The van der Waals surface area contributed by atoms with Gasteiger partial charge >= 0.3 is 33.3 Å². The van der Waals surface area contributed by atoms with E-state index in [1.807, 2.05) is 0 Å². The molecule has 0 saturated heterocycles. The first kappa shape index (κ1) is 29.1. The number of nitrogens with one attached hydrogen (secondary N) is 4. The van der Waals surface area contributed by atoms with Gasteiger partial charge in [-0.15, -0.1) is 0 Å². The third-order valence-corrected chi connectivity index (χ3v) is 8.84. The van der Waals surface area contributed by atoms with Crippen molar-refractivity contribution in [1.82, 2.24) is 26.3 Å². The molecule has 3 fully saturated rings. The van der Waals surface area contributed by atoms with Gasteiger partial charge in [-0.25, -0.2) is 0 Å². The van der Waals surface area contributed by atoms with Gasteiger partial charge in [0, 0.05) is 49.8 Å². The molecule has 0 spiro atoms. The van der Waals surface area contributed by atoms with Crippen molar-refractivity contribution in [1.29, 1.82) is 0 Å². The molecule has 4 N–H and O–H groups in total. The molecule has 1 aliphatic heterocycles. The van der Waals surface area contributed by atoms with Crippen molar-refractivity contribution in [3.05, 3.63) is 29.1 Å². The van der Waals surface area contributed by atoms with Crippen LogP contribution < -0.4 is 21.3 Å². The van der Waals surface area contributed by atoms with E-state index < -0.39 is 0 Å². The van der Waals surface area contributed by atoms with Crippen molar-refractivity contribution in [3.63, 3.8) is 0 Å². The summed E-state index contributed by atoms with van der Waals surface area (Å²) < 4.78 is 0. The summed E-state index contributed by atoms with van der Waals surface area (Å²) in [6.45, 7) is 5.22. The quantitative estimate of drug-likeness (QED) is 0.313. The van der Waals surface area contributed by atoms with Gasteiger partial charge in [0.05, 0.1) is 11.4 Å². The number of nitrogens with zero attached hydrogens (tertiary/aromatic N) is 1. The summed E-state index contributed by atoms with van der Waals surface area (Å²) in [6.07, 6.45) is 17.4. The van der Waals surface area contributed by atoms with Gasteiger partial charge in [-0.1, -0.05) is 44.9 Å². The second-order valence-electron chi connectivity index (χ2n) is 11.5. The van der Waals surface area contributed by atoms with Crippen LogP contribution in [0.1, 0.15) is 113 Å². The predicted molar refractivity (Wildman–Crippen MR) is 148 cm³/mol. The SMILES string of the molecule is C[C@@H]1CN[C@@H]2CCCC[C@H]2NCc2cc(C3CCCCC3)cc(n2)CN[C@@H]2CCCC[C@H]2N1.[Cl][Mn][Cl]. The topological polar surface area (TPSA) is 61.0 Å². The molecule has 5 rings (SSSR count). The molecule has 3 saturated carbocycles. The van der Waals surface area contributed by atoms with E-state index in [2.05, 4.69) is 40.3 Å². The molecular formula is C28H47Cl2MnN5. The number of hydrogen-bond acceptors (Lipinski definition) is 5. The normalized spacial score (nSPS) is 32.6. The van der Waals surface area contributed by atoms with Crippen LogP contribution in [0.2, 0.25) is 0 Å². The molecule has 0 radical (unpaired) electrons. The van der Waals surface area contributed by atoms with Crippen LogP contribution in [0, 0.1) is 0 Å². The van der Waals surface area contributed by atoms with Gasteiger partial charge in [0.2, 0.25) is 0 Å². The van der Waals surface area contributed by atoms with E-state index >= 15 is 0 Å². The Labute approximate surface area is 234 Å². The Morgan fingerprint density at radius 2 is 1.17 bits per heavy atom. The molecule has 8 heteroatoms. The van der Waals surface area contributed by atoms with Crippen LogP contribution in [0.4, 0.5) is 0 Å². The van der Waals surface area contributed by atoms with Crippen LogP contribution in [0.5, 0.6) is 0 Å². The van der Waals surface area contributed by atoms with Crippen molar-refractivity contribution >= 4 is 20.2 Å². The van der Waals surface area contributed by atoms with E-state index in [9.17, 15) is 0 Å². The first-order chi connectivity index (χ1) is 17.7. The molecule has 0 amide bonds. The van der Waals surface area contributed by atoms with Crippen LogP contribution in [-0.4, -0.2) is 41.7 Å². The van der Waals surface area contributed by atoms with E-state index in [1.54, 1.807) is 5.56 Å². The van der Waals surface area contributed by atoms with E-state index in [4.69, 9.17) is 25.2 Å². The molecule has 2 heterocycles. The molecule has 205 valence electrons. The summed E-state index contributed by atoms with van der Waals surface area (Å²) in [5.41, 5.74) is 4.05. The zero-order valence-corrected chi connectivity index (χ0v) is 24.7. The van der Waals surface area contributed by atoms with Crippen LogP contribution >= 0.6 is 20.2 Å². The van der Waals surface area contributed by atoms with Gasteiger partial charge in [-0.05, 0) is 69.1 Å². The van der Waals surface area contributed by atoms with Crippen LogP contribution in [0.3, 0.4) is 0 Å². The molecule has 2 bridgehead atoms. The van der Waals surface area contributed by atoms with Crippen molar-refractivity contribution < 1.29 is 13.1 Å². The summed E-state index contributed by atoms with van der Waals surface area (Å²) in [4.78, 5) is 5.16. The molecule has 4 aliphatic rings. The molecular weight excluding hydrogens is 532 g/mol. The first-order valence-electron chi connectivity index (χ1n) is 14.5. The van der Waals surface area contributed by atoms with E-state index in [1.165, 1.54) is 94.9 Å². The molecule has 36 heavy (non-hydrogen) atoms. The standard InChI is InChI=1S/C28H47N5.2ClH.Mn/c1-20-17-29-25-11-5-6-12-26(25)30-18-23-15-22(21-9-3-2-4-10-21)16-24(33-23)19-31-27-13-7-8-14-28(27)32-20;;;/h15-16,20-21,25-32H,2-14,17-19H2,1H3;2*1H;/q;;;+2/p-2/t20-,25-,26-,27-,28-;;;/m1.../s1. The summed E-state index contributed by atoms with van der Waals surface area (Å²) in [6, 6.07) is 7.63. The fourth-order valence-electron chi connectivity index (χ4n) is 6.95. The zero-order valence-electron chi connectivity index (χ0n) is 22.0. The second kappa shape index (κ2) is 15.6. The first-order valence-corrected chi connectivity index (χ1v) is 17.7. The monoisotopic (exact) mass is 578 g/mol. The number of pyridine rings is 1. The Hall–Kier alpha value is 0.0895. The number of halogens is 2. The van der Waals surface area contributed by atoms with E-state index in [0.29, 0.717) is 30.2 Å². The molecule has 1 aromatic heterocycles. The van der Waals surface area contributed by atoms with Crippen molar-refractivity contribution in [3.8, 4) is 0 Å². The Morgan fingerprint density at radius 3 is 1.75 bits per heavy atom. The summed E-state index contributed by atoms with van der Waals surface area (Å²) >= 11 is 0.00694. The maximum atomic E-state index is 5.16. The fraction of sp³-hybridized carbons (Fsp3) is 0.821.